The van der Waals surface area contributed by atoms with Gasteiger partial charge >= 0.3 is 0 Å². The van der Waals surface area contributed by atoms with Gasteiger partial charge in [-0.1, -0.05) is 6.07 Å². The van der Waals surface area contributed by atoms with E-state index in [1.54, 1.807) is 6.20 Å². The van der Waals surface area contributed by atoms with Gasteiger partial charge in [-0.25, -0.2) is 4.98 Å². The molecule has 1 heterocycles. The number of nitrogens with zero attached hydrogens (tertiary/aromatic N) is 2. The largest absolute Gasteiger partial charge is 0.493 e. The zero-order valence-corrected chi connectivity index (χ0v) is 17.0. The van der Waals surface area contributed by atoms with Gasteiger partial charge in [-0.15, -0.1) is 0 Å². The molecule has 3 aromatic rings. The molecule has 0 fully saturated rings. The number of ether oxygens (including phenoxy) is 2. The van der Waals surface area contributed by atoms with Crippen molar-refractivity contribution in [3.63, 3.8) is 0 Å². The summed E-state index contributed by atoms with van der Waals surface area (Å²) in [5, 5.41) is 0. The second-order valence-electron chi connectivity index (χ2n) is 6.72. The molecule has 0 aliphatic heterocycles. The Bertz CT molecular complexity index is 993. The molecule has 0 aliphatic rings. The summed E-state index contributed by atoms with van der Waals surface area (Å²) in [6.07, 6.45) is 2.18. The van der Waals surface area contributed by atoms with Gasteiger partial charge in [0.25, 0.3) is 0 Å². The lowest BCUT2D eigenvalue weighted by molar-refractivity contribution is 0.325. The molecule has 0 atom stereocenters. The molecule has 6 N–H and O–H groups in total. The molecule has 3 rings (SSSR count). The standard InChI is InChI=1S/C22H27N5O2/c1-4-28-18-10-14(9-16-12-26-22(25)27-21(16)24)11-19(29-5-2)20(18)15-6-7-17(23)13(3)8-15/h6-8,10-12H,4-5,9,23H2,1-3H3,(H4,24,25,26,27). The summed E-state index contributed by atoms with van der Waals surface area (Å²) in [4.78, 5) is 8.09. The normalized spacial score (nSPS) is 10.7. The lowest BCUT2D eigenvalue weighted by Gasteiger charge is -2.18. The highest BCUT2D eigenvalue weighted by atomic mass is 16.5. The quantitative estimate of drug-likeness (QED) is 0.524. The average molecular weight is 393 g/mol. The van der Waals surface area contributed by atoms with Crippen LogP contribution in [-0.4, -0.2) is 23.2 Å². The number of aromatic nitrogens is 2. The van der Waals surface area contributed by atoms with Gasteiger partial charge in [0.2, 0.25) is 5.95 Å². The van der Waals surface area contributed by atoms with Crippen molar-refractivity contribution in [1.82, 2.24) is 9.97 Å². The van der Waals surface area contributed by atoms with Crippen LogP contribution in [0.5, 0.6) is 11.5 Å². The zero-order valence-electron chi connectivity index (χ0n) is 17.0. The average Bonchev–Trinajstić information content (AvgIpc) is 2.67. The molecular formula is C22H27N5O2. The van der Waals surface area contributed by atoms with E-state index in [2.05, 4.69) is 9.97 Å². The topological polar surface area (TPSA) is 122 Å². The van der Waals surface area contributed by atoms with Crippen molar-refractivity contribution < 1.29 is 9.47 Å². The minimum absolute atomic E-state index is 0.158. The molecule has 0 aliphatic carbocycles. The molecular weight excluding hydrogens is 366 g/mol. The van der Waals surface area contributed by atoms with Crippen molar-refractivity contribution >= 4 is 17.5 Å². The van der Waals surface area contributed by atoms with E-state index < -0.39 is 0 Å². The fraction of sp³-hybridized carbons (Fsp3) is 0.273. The Labute approximate surface area is 170 Å². The van der Waals surface area contributed by atoms with Gasteiger partial charge < -0.3 is 26.7 Å². The van der Waals surface area contributed by atoms with Crippen LogP contribution >= 0.6 is 0 Å². The molecule has 2 aromatic carbocycles. The Kier molecular flexibility index (Phi) is 6.07. The van der Waals surface area contributed by atoms with Crippen LogP contribution in [-0.2, 0) is 6.42 Å². The maximum Gasteiger partial charge on any atom is 0.221 e. The van der Waals surface area contributed by atoms with Crippen LogP contribution < -0.4 is 26.7 Å². The van der Waals surface area contributed by atoms with E-state index in [-0.39, 0.29) is 5.95 Å². The van der Waals surface area contributed by atoms with Gasteiger partial charge in [0.05, 0.1) is 18.8 Å². The smallest absolute Gasteiger partial charge is 0.221 e. The first-order valence-electron chi connectivity index (χ1n) is 9.58. The number of nitrogens with two attached hydrogens (primary N) is 3. The molecule has 7 heteroatoms. The second-order valence-corrected chi connectivity index (χ2v) is 6.72. The van der Waals surface area contributed by atoms with E-state index >= 15 is 0 Å². The Hall–Kier alpha value is -3.48. The number of nitrogen functional groups attached to an aromatic ring is 3. The predicted molar refractivity (Wildman–Crippen MR) is 117 cm³/mol. The SMILES string of the molecule is CCOc1cc(Cc2cnc(N)nc2N)cc(OCC)c1-c1ccc(N)c(C)c1. The number of hydrogen-bond acceptors (Lipinski definition) is 7. The van der Waals surface area contributed by atoms with Gasteiger partial charge in [0.1, 0.15) is 17.3 Å². The summed E-state index contributed by atoms with van der Waals surface area (Å²) in [7, 11) is 0. The van der Waals surface area contributed by atoms with Crippen molar-refractivity contribution in [2.24, 2.45) is 0 Å². The Morgan fingerprint density at radius 3 is 2.14 bits per heavy atom. The Morgan fingerprint density at radius 2 is 1.59 bits per heavy atom. The summed E-state index contributed by atoms with van der Waals surface area (Å²) < 4.78 is 12.0. The van der Waals surface area contributed by atoms with Crippen molar-refractivity contribution in [1.29, 1.82) is 0 Å². The molecule has 1 aromatic heterocycles. The first-order valence-corrected chi connectivity index (χ1v) is 9.58. The molecule has 0 unspecified atom stereocenters. The van der Waals surface area contributed by atoms with Crippen LogP contribution in [0.1, 0.15) is 30.5 Å². The van der Waals surface area contributed by atoms with Gasteiger partial charge in [-0.3, -0.25) is 0 Å². The van der Waals surface area contributed by atoms with Gasteiger partial charge in [0, 0.05) is 23.9 Å². The lowest BCUT2D eigenvalue weighted by Crippen LogP contribution is -2.05. The highest BCUT2D eigenvalue weighted by Crippen LogP contribution is 2.41. The van der Waals surface area contributed by atoms with Crippen LogP contribution in [0, 0.1) is 6.92 Å². The Morgan fingerprint density at radius 1 is 0.931 bits per heavy atom. The molecule has 0 amide bonds. The predicted octanol–water partition coefficient (Wildman–Crippen LogP) is 3.59. The molecule has 29 heavy (non-hydrogen) atoms. The van der Waals surface area contributed by atoms with Gasteiger partial charge in [-0.05, 0) is 61.7 Å². The molecule has 152 valence electrons. The van der Waals surface area contributed by atoms with E-state index in [1.165, 1.54) is 0 Å². The van der Waals surface area contributed by atoms with Crippen molar-refractivity contribution in [3.05, 3.63) is 53.2 Å². The minimum atomic E-state index is 0.158. The summed E-state index contributed by atoms with van der Waals surface area (Å²) in [5.41, 5.74) is 23.0. The number of anilines is 3. The summed E-state index contributed by atoms with van der Waals surface area (Å²) in [6, 6.07) is 9.93. The van der Waals surface area contributed by atoms with E-state index in [9.17, 15) is 0 Å². The lowest BCUT2D eigenvalue weighted by atomic mass is 9.97. The summed E-state index contributed by atoms with van der Waals surface area (Å²) >= 11 is 0. The highest BCUT2D eigenvalue weighted by Gasteiger charge is 2.17. The van der Waals surface area contributed by atoms with Gasteiger partial charge in [0.15, 0.2) is 0 Å². The fourth-order valence-corrected chi connectivity index (χ4v) is 3.19. The number of aryl methyl sites for hydroxylation is 1. The molecule has 0 saturated carbocycles. The van der Waals surface area contributed by atoms with Crippen LogP contribution in [0.3, 0.4) is 0 Å². The molecule has 0 saturated heterocycles. The highest BCUT2D eigenvalue weighted by molar-refractivity contribution is 5.79. The van der Waals surface area contributed by atoms with E-state index in [0.29, 0.717) is 25.5 Å². The Balaban J connectivity index is 2.11. The van der Waals surface area contributed by atoms with Crippen LogP contribution in [0.15, 0.2) is 36.5 Å². The van der Waals surface area contributed by atoms with Gasteiger partial charge in [-0.2, -0.15) is 4.98 Å². The third-order valence-electron chi connectivity index (χ3n) is 4.60. The minimum Gasteiger partial charge on any atom is -0.493 e. The summed E-state index contributed by atoms with van der Waals surface area (Å²) in [5.74, 6) is 2.01. The first-order chi connectivity index (χ1) is 13.9. The molecule has 0 spiro atoms. The van der Waals surface area contributed by atoms with E-state index in [1.807, 2.05) is 51.1 Å². The number of benzene rings is 2. The van der Waals surface area contributed by atoms with Crippen LogP contribution in [0.4, 0.5) is 17.5 Å². The first kappa shape index (κ1) is 20.3. The van der Waals surface area contributed by atoms with Crippen LogP contribution in [0.2, 0.25) is 0 Å². The zero-order chi connectivity index (χ0) is 21.0. The third-order valence-corrected chi connectivity index (χ3v) is 4.60. The van der Waals surface area contributed by atoms with E-state index in [4.69, 9.17) is 26.7 Å². The second kappa shape index (κ2) is 8.68. The molecule has 7 nitrogen and oxygen atoms in total. The monoisotopic (exact) mass is 393 g/mol. The van der Waals surface area contributed by atoms with Crippen LogP contribution in [0.25, 0.3) is 11.1 Å². The number of hydrogen-bond donors (Lipinski definition) is 3. The maximum absolute atomic E-state index is 6.01. The maximum atomic E-state index is 6.01. The van der Waals surface area contributed by atoms with Crippen molar-refractivity contribution in [2.75, 3.05) is 30.4 Å². The van der Waals surface area contributed by atoms with Crippen molar-refractivity contribution in [3.8, 4) is 22.6 Å². The van der Waals surface area contributed by atoms with E-state index in [0.717, 1.165) is 45.0 Å². The van der Waals surface area contributed by atoms with Crippen molar-refractivity contribution in [2.45, 2.75) is 27.2 Å². The summed E-state index contributed by atoms with van der Waals surface area (Å²) in [6.45, 7) is 6.96. The molecule has 0 radical (unpaired) electrons. The fourth-order valence-electron chi connectivity index (χ4n) is 3.19. The number of rotatable bonds is 7. The molecule has 0 bridgehead atoms. The third kappa shape index (κ3) is 4.51.